The predicted molar refractivity (Wildman–Crippen MR) is 84.9 cm³/mol. The van der Waals surface area contributed by atoms with Crippen LogP contribution in [0.4, 0.5) is 5.69 Å². The van der Waals surface area contributed by atoms with Gasteiger partial charge in [-0.05, 0) is 11.5 Å². The Labute approximate surface area is 139 Å². The minimum atomic E-state index is -0.536. The van der Waals surface area contributed by atoms with E-state index in [2.05, 4.69) is 0 Å². The molecule has 8 heteroatoms. The van der Waals surface area contributed by atoms with Crippen LogP contribution < -0.4 is 9.47 Å². The second-order valence-corrected chi connectivity index (χ2v) is 6.40. The summed E-state index contributed by atoms with van der Waals surface area (Å²) in [4.78, 5) is 35.6. The minimum Gasteiger partial charge on any atom is -0.493 e. The van der Waals surface area contributed by atoms with Gasteiger partial charge in [0, 0.05) is 18.9 Å². The molecule has 0 atom stereocenters. The van der Waals surface area contributed by atoms with Crippen LogP contribution in [0.1, 0.15) is 26.7 Å². The highest BCUT2D eigenvalue weighted by molar-refractivity contribution is 5.98. The fourth-order valence-electron chi connectivity index (χ4n) is 2.60. The molecule has 24 heavy (non-hydrogen) atoms. The molecule has 1 heterocycles. The van der Waals surface area contributed by atoms with Crippen molar-refractivity contribution in [3.8, 4) is 11.5 Å². The van der Waals surface area contributed by atoms with E-state index in [1.807, 2.05) is 13.8 Å². The number of hydrogen-bond donors (Lipinski definition) is 0. The summed E-state index contributed by atoms with van der Waals surface area (Å²) in [5.74, 6) is 0.0821. The Bertz CT molecular complexity index is 651. The first kappa shape index (κ1) is 17.7. The number of nitro groups is 1. The van der Waals surface area contributed by atoms with Crippen LogP contribution in [0, 0.1) is 15.5 Å². The number of piperidine rings is 1. The molecule has 130 valence electrons. The summed E-state index contributed by atoms with van der Waals surface area (Å²) in [5, 5.41) is 10.8. The van der Waals surface area contributed by atoms with Crippen molar-refractivity contribution in [2.75, 3.05) is 20.3 Å². The van der Waals surface area contributed by atoms with Crippen molar-refractivity contribution in [3.63, 3.8) is 0 Å². The Morgan fingerprint density at radius 1 is 1.21 bits per heavy atom. The molecule has 8 nitrogen and oxygen atoms in total. The van der Waals surface area contributed by atoms with Crippen molar-refractivity contribution in [2.45, 2.75) is 26.7 Å². The largest absolute Gasteiger partial charge is 0.493 e. The van der Waals surface area contributed by atoms with Gasteiger partial charge in [0.25, 0.3) is 5.69 Å². The number of benzene rings is 1. The molecule has 1 saturated heterocycles. The first-order valence-corrected chi connectivity index (χ1v) is 7.52. The van der Waals surface area contributed by atoms with Gasteiger partial charge < -0.3 is 9.47 Å². The fraction of sp³-hybridized carbons (Fsp3) is 0.500. The predicted octanol–water partition coefficient (Wildman–Crippen LogP) is 2.16. The van der Waals surface area contributed by atoms with E-state index >= 15 is 0 Å². The normalized spacial score (nSPS) is 16.9. The van der Waals surface area contributed by atoms with Gasteiger partial charge in [-0.1, -0.05) is 13.8 Å². The monoisotopic (exact) mass is 336 g/mol. The van der Waals surface area contributed by atoms with Crippen LogP contribution in [0.5, 0.6) is 11.5 Å². The van der Waals surface area contributed by atoms with Gasteiger partial charge in [0.15, 0.2) is 11.5 Å². The summed E-state index contributed by atoms with van der Waals surface area (Å²) in [7, 11) is 1.42. The Kier molecular flexibility index (Phi) is 5.06. The van der Waals surface area contributed by atoms with Crippen LogP contribution in [0.3, 0.4) is 0 Å². The molecule has 1 aliphatic heterocycles. The number of non-ortho nitro benzene ring substituents is 1. The molecule has 0 aliphatic carbocycles. The van der Waals surface area contributed by atoms with Gasteiger partial charge in [-0.2, -0.15) is 0 Å². The number of nitro benzene ring substituents is 1. The first-order valence-electron chi connectivity index (χ1n) is 7.52. The summed E-state index contributed by atoms with van der Waals surface area (Å²) in [6, 6.07) is 4.00. The molecule has 1 aliphatic rings. The molecular formula is C16H20N2O6. The number of carbonyl (C=O) groups is 2. The van der Waals surface area contributed by atoms with Crippen molar-refractivity contribution in [3.05, 3.63) is 28.3 Å². The molecule has 2 rings (SSSR count). The van der Waals surface area contributed by atoms with Gasteiger partial charge in [-0.25, -0.2) is 0 Å². The second-order valence-electron chi connectivity index (χ2n) is 6.40. The summed E-state index contributed by atoms with van der Waals surface area (Å²) in [5.41, 5.74) is -0.452. The number of carbonyl (C=O) groups excluding carboxylic acids is 2. The summed E-state index contributed by atoms with van der Waals surface area (Å²) >= 11 is 0. The molecule has 0 saturated carbocycles. The maximum absolute atomic E-state index is 12.1. The molecular weight excluding hydrogens is 316 g/mol. The van der Waals surface area contributed by atoms with E-state index in [1.54, 1.807) is 0 Å². The maximum Gasteiger partial charge on any atom is 0.273 e. The molecule has 0 bridgehead atoms. The third kappa shape index (κ3) is 4.01. The average molecular weight is 336 g/mol. The Balaban J connectivity index is 2.01. The van der Waals surface area contributed by atoms with Crippen molar-refractivity contribution >= 4 is 17.5 Å². The van der Waals surface area contributed by atoms with Gasteiger partial charge in [-0.3, -0.25) is 24.6 Å². The lowest BCUT2D eigenvalue weighted by Gasteiger charge is -2.34. The van der Waals surface area contributed by atoms with Crippen LogP contribution in [0.25, 0.3) is 0 Å². The number of likely N-dealkylation sites (tertiary alicyclic amines) is 1. The number of imide groups is 1. The lowest BCUT2D eigenvalue weighted by molar-refractivity contribution is -0.385. The topological polar surface area (TPSA) is 99.0 Å². The number of hydrogen-bond acceptors (Lipinski definition) is 6. The Morgan fingerprint density at radius 2 is 1.83 bits per heavy atom. The molecule has 0 radical (unpaired) electrons. The summed E-state index contributed by atoms with van der Waals surface area (Å²) in [6.45, 7) is 3.89. The number of methoxy groups -OCH3 is 1. The van der Waals surface area contributed by atoms with Gasteiger partial charge >= 0.3 is 0 Å². The zero-order chi connectivity index (χ0) is 17.9. The number of amides is 2. The highest BCUT2D eigenvalue weighted by atomic mass is 16.6. The molecule has 0 aromatic heterocycles. The first-order chi connectivity index (χ1) is 11.2. The zero-order valence-electron chi connectivity index (χ0n) is 13.9. The summed E-state index contributed by atoms with van der Waals surface area (Å²) in [6.07, 6.45) is 0.609. The molecule has 1 aromatic rings. The third-order valence-corrected chi connectivity index (χ3v) is 3.79. The lowest BCUT2D eigenvalue weighted by atomic mass is 9.82. The van der Waals surface area contributed by atoms with Crippen LogP contribution in [-0.4, -0.2) is 41.9 Å². The standard InChI is InChI=1S/C16H20N2O6/c1-16(2)9-14(19)17(15(20)10-16)6-7-24-13-8-11(18(21)22)4-5-12(13)23-3/h4-5,8H,6-7,9-10H2,1-3H3. The van der Waals surface area contributed by atoms with E-state index in [-0.39, 0.29) is 41.8 Å². The van der Waals surface area contributed by atoms with Crippen LogP contribution >= 0.6 is 0 Å². The number of rotatable bonds is 6. The Hall–Kier alpha value is -2.64. The maximum atomic E-state index is 12.1. The van der Waals surface area contributed by atoms with E-state index in [4.69, 9.17) is 9.47 Å². The molecule has 1 aromatic carbocycles. The minimum absolute atomic E-state index is 0.0371. The smallest absolute Gasteiger partial charge is 0.273 e. The Morgan fingerprint density at radius 3 is 2.38 bits per heavy atom. The highest BCUT2D eigenvalue weighted by Crippen LogP contribution is 2.32. The number of ether oxygens (including phenoxy) is 2. The molecule has 0 unspecified atom stereocenters. The van der Waals surface area contributed by atoms with Crippen LogP contribution in [-0.2, 0) is 9.59 Å². The quantitative estimate of drug-likeness (QED) is 0.448. The van der Waals surface area contributed by atoms with Gasteiger partial charge in [-0.15, -0.1) is 0 Å². The van der Waals surface area contributed by atoms with Crippen LogP contribution in [0.15, 0.2) is 18.2 Å². The van der Waals surface area contributed by atoms with Crippen molar-refractivity contribution in [1.82, 2.24) is 4.90 Å². The summed E-state index contributed by atoms with van der Waals surface area (Å²) < 4.78 is 10.6. The second kappa shape index (κ2) is 6.86. The lowest BCUT2D eigenvalue weighted by Crippen LogP contribution is -2.47. The van der Waals surface area contributed by atoms with Gasteiger partial charge in [0.2, 0.25) is 11.8 Å². The van der Waals surface area contributed by atoms with Gasteiger partial charge in [0.05, 0.1) is 24.6 Å². The molecule has 1 fully saturated rings. The van der Waals surface area contributed by atoms with Crippen molar-refractivity contribution < 1.29 is 24.0 Å². The van der Waals surface area contributed by atoms with E-state index < -0.39 is 4.92 Å². The van der Waals surface area contributed by atoms with E-state index in [0.717, 1.165) is 0 Å². The third-order valence-electron chi connectivity index (χ3n) is 3.79. The van der Waals surface area contributed by atoms with Gasteiger partial charge in [0.1, 0.15) is 6.61 Å². The SMILES string of the molecule is COc1ccc([N+](=O)[O-])cc1OCCN1C(=O)CC(C)(C)CC1=O. The van der Waals surface area contributed by atoms with E-state index in [1.165, 1.54) is 30.2 Å². The number of nitrogens with zero attached hydrogens (tertiary/aromatic N) is 2. The average Bonchev–Trinajstić information content (AvgIpc) is 2.48. The zero-order valence-corrected chi connectivity index (χ0v) is 13.9. The highest BCUT2D eigenvalue weighted by Gasteiger charge is 2.37. The molecule has 0 N–H and O–H groups in total. The van der Waals surface area contributed by atoms with E-state index in [0.29, 0.717) is 18.6 Å². The van der Waals surface area contributed by atoms with Crippen LogP contribution in [0.2, 0.25) is 0 Å². The molecule has 2 amide bonds. The molecule has 0 spiro atoms. The van der Waals surface area contributed by atoms with Crippen molar-refractivity contribution in [1.29, 1.82) is 0 Å². The van der Waals surface area contributed by atoms with E-state index in [9.17, 15) is 19.7 Å². The van der Waals surface area contributed by atoms with Crippen molar-refractivity contribution in [2.24, 2.45) is 5.41 Å². The fourth-order valence-corrected chi connectivity index (χ4v) is 2.60.